The maximum Gasteiger partial charge on any atom is 0.201 e. The van der Waals surface area contributed by atoms with Gasteiger partial charge in [-0.15, -0.1) is 16.7 Å². The third kappa shape index (κ3) is 5.00. The van der Waals surface area contributed by atoms with Crippen molar-refractivity contribution in [3.63, 3.8) is 0 Å². The van der Waals surface area contributed by atoms with Crippen molar-refractivity contribution in [3.8, 4) is 5.75 Å². The molecule has 0 aromatic heterocycles. The van der Waals surface area contributed by atoms with E-state index in [-0.39, 0.29) is 5.78 Å². The van der Waals surface area contributed by atoms with Gasteiger partial charge < -0.3 is 9.64 Å². The molecule has 1 aromatic rings. The Labute approximate surface area is 117 Å². The lowest BCUT2D eigenvalue weighted by Crippen LogP contribution is -2.20. The van der Waals surface area contributed by atoms with Crippen molar-refractivity contribution in [1.29, 1.82) is 0 Å². The number of methoxy groups -OCH3 is 1. The molecule has 0 amide bonds. The van der Waals surface area contributed by atoms with Crippen LogP contribution in [0.25, 0.3) is 0 Å². The molecule has 0 bridgehead atoms. The maximum absolute atomic E-state index is 12.1. The van der Waals surface area contributed by atoms with Gasteiger partial charge in [-0.3, -0.25) is 4.79 Å². The summed E-state index contributed by atoms with van der Waals surface area (Å²) >= 11 is 1.26. The van der Waals surface area contributed by atoms with Gasteiger partial charge >= 0.3 is 0 Å². The van der Waals surface area contributed by atoms with Crippen LogP contribution in [0.5, 0.6) is 5.75 Å². The van der Waals surface area contributed by atoms with E-state index in [0.29, 0.717) is 17.1 Å². The zero-order valence-corrected chi connectivity index (χ0v) is 12.1. The summed E-state index contributed by atoms with van der Waals surface area (Å²) in [5.74, 6) is 1.10. The molecule has 0 heterocycles. The SMILES string of the molecule is COc1ccc(C(=O)C(N=O)SCCN(C)C)cc1. The third-order valence-electron chi connectivity index (χ3n) is 2.51. The van der Waals surface area contributed by atoms with Crippen LogP contribution in [0.1, 0.15) is 10.4 Å². The van der Waals surface area contributed by atoms with Gasteiger partial charge in [0, 0.05) is 17.9 Å². The third-order valence-corrected chi connectivity index (χ3v) is 3.54. The number of Topliss-reactive ketones (excluding diaryl/α,β-unsaturated/α-hetero) is 1. The molecule has 1 rings (SSSR count). The summed E-state index contributed by atoms with van der Waals surface area (Å²) in [6.45, 7) is 0.798. The molecule has 19 heavy (non-hydrogen) atoms. The molecule has 5 nitrogen and oxygen atoms in total. The highest BCUT2D eigenvalue weighted by atomic mass is 32.2. The van der Waals surface area contributed by atoms with E-state index in [1.165, 1.54) is 11.8 Å². The van der Waals surface area contributed by atoms with Crippen LogP contribution in [-0.4, -0.2) is 49.6 Å². The van der Waals surface area contributed by atoms with Crippen LogP contribution in [0.3, 0.4) is 0 Å². The highest BCUT2D eigenvalue weighted by molar-refractivity contribution is 8.00. The van der Waals surface area contributed by atoms with Crippen LogP contribution in [0.2, 0.25) is 0 Å². The molecule has 0 saturated heterocycles. The number of ether oxygens (including phenoxy) is 1. The maximum atomic E-state index is 12.1. The highest BCUT2D eigenvalue weighted by Gasteiger charge is 2.21. The number of nitrogens with zero attached hydrogens (tertiary/aromatic N) is 2. The fourth-order valence-electron chi connectivity index (χ4n) is 1.40. The number of hydrogen-bond donors (Lipinski definition) is 0. The minimum absolute atomic E-state index is 0.263. The molecule has 104 valence electrons. The van der Waals surface area contributed by atoms with Crippen molar-refractivity contribution in [3.05, 3.63) is 34.7 Å². The van der Waals surface area contributed by atoms with Crippen molar-refractivity contribution in [1.82, 2.24) is 4.90 Å². The van der Waals surface area contributed by atoms with Crippen LogP contribution < -0.4 is 4.74 Å². The topological polar surface area (TPSA) is 59.0 Å². The number of ketones is 1. The quantitative estimate of drug-likeness (QED) is 0.541. The fraction of sp³-hybridized carbons (Fsp3) is 0.462. The van der Waals surface area contributed by atoms with Gasteiger partial charge in [-0.05, 0) is 43.5 Å². The Hall–Kier alpha value is -1.40. The Kier molecular flexibility index (Phi) is 6.52. The Balaban J connectivity index is 2.63. The second kappa shape index (κ2) is 7.91. The summed E-state index contributed by atoms with van der Waals surface area (Å²) < 4.78 is 5.02. The Morgan fingerprint density at radius 1 is 1.37 bits per heavy atom. The van der Waals surface area contributed by atoms with Crippen LogP contribution in [-0.2, 0) is 0 Å². The Morgan fingerprint density at radius 2 is 2.00 bits per heavy atom. The molecule has 0 N–H and O–H groups in total. The monoisotopic (exact) mass is 282 g/mol. The van der Waals surface area contributed by atoms with Gasteiger partial charge in [0.1, 0.15) is 5.75 Å². The molecule has 1 unspecified atom stereocenters. The average Bonchev–Trinajstić information content (AvgIpc) is 2.43. The van der Waals surface area contributed by atoms with E-state index < -0.39 is 5.37 Å². The standard InChI is InChI=1S/C13H18N2O3S/c1-15(2)8-9-19-13(14-17)12(16)10-4-6-11(18-3)7-5-10/h4-7,13H,8-9H2,1-3H3. The number of benzene rings is 1. The molecule has 0 aliphatic rings. The van der Waals surface area contributed by atoms with E-state index in [4.69, 9.17) is 4.74 Å². The number of rotatable bonds is 8. The summed E-state index contributed by atoms with van der Waals surface area (Å²) in [6.07, 6.45) is 0. The zero-order chi connectivity index (χ0) is 14.3. The molecule has 1 atom stereocenters. The van der Waals surface area contributed by atoms with Crippen LogP contribution in [0.4, 0.5) is 0 Å². The number of carbonyl (C=O) groups excluding carboxylic acids is 1. The minimum Gasteiger partial charge on any atom is -0.497 e. The van der Waals surface area contributed by atoms with Crippen molar-refractivity contribution in [2.24, 2.45) is 5.18 Å². The van der Waals surface area contributed by atoms with Gasteiger partial charge in [0.15, 0.2) is 5.37 Å². The first kappa shape index (κ1) is 15.7. The van der Waals surface area contributed by atoms with Gasteiger partial charge in [0.2, 0.25) is 5.78 Å². The van der Waals surface area contributed by atoms with Crippen molar-refractivity contribution < 1.29 is 9.53 Å². The zero-order valence-electron chi connectivity index (χ0n) is 11.3. The molecule has 0 spiro atoms. The summed E-state index contributed by atoms with van der Waals surface area (Å²) in [5, 5.41) is 2.04. The first-order valence-corrected chi connectivity index (χ1v) is 6.90. The van der Waals surface area contributed by atoms with Gasteiger partial charge in [-0.1, -0.05) is 0 Å². The predicted octanol–water partition coefficient (Wildman–Crippen LogP) is 2.27. The predicted molar refractivity (Wildman–Crippen MR) is 77.9 cm³/mol. The number of carbonyl (C=O) groups is 1. The molecular formula is C13H18N2O3S. The summed E-state index contributed by atoms with van der Waals surface area (Å²) in [5.41, 5.74) is 0.475. The number of hydrogen-bond acceptors (Lipinski definition) is 6. The fourth-order valence-corrected chi connectivity index (χ4v) is 2.44. The lowest BCUT2D eigenvalue weighted by atomic mass is 10.1. The summed E-state index contributed by atoms with van der Waals surface area (Å²) in [7, 11) is 5.44. The lowest BCUT2D eigenvalue weighted by molar-refractivity contribution is 0.0991. The van der Waals surface area contributed by atoms with Crippen LogP contribution >= 0.6 is 11.8 Å². The first-order chi connectivity index (χ1) is 9.08. The van der Waals surface area contributed by atoms with Gasteiger partial charge in [0.05, 0.1) is 7.11 Å². The van der Waals surface area contributed by atoms with E-state index in [0.717, 1.165) is 6.54 Å². The molecule has 0 aliphatic heterocycles. The van der Waals surface area contributed by atoms with Crippen molar-refractivity contribution in [2.45, 2.75) is 5.37 Å². The van der Waals surface area contributed by atoms with Crippen LogP contribution in [0.15, 0.2) is 29.4 Å². The van der Waals surface area contributed by atoms with E-state index in [9.17, 15) is 9.70 Å². The van der Waals surface area contributed by atoms with Crippen molar-refractivity contribution >= 4 is 17.5 Å². The average molecular weight is 282 g/mol. The van der Waals surface area contributed by atoms with Gasteiger partial charge in [-0.25, -0.2) is 0 Å². The normalized spacial score (nSPS) is 12.2. The van der Waals surface area contributed by atoms with E-state index in [2.05, 4.69) is 5.18 Å². The Bertz CT molecular complexity index is 420. The molecule has 0 saturated carbocycles. The highest BCUT2D eigenvalue weighted by Crippen LogP contribution is 2.19. The molecule has 0 fully saturated rings. The molecule has 6 heteroatoms. The molecule has 1 aromatic carbocycles. The number of nitroso groups, excluding NO2 is 1. The first-order valence-electron chi connectivity index (χ1n) is 5.85. The summed E-state index contributed by atoms with van der Waals surface area (Å²) in [6, 6.07) is 6.68. The van der Waals surface area contributed by atoms with E-state index in [1.54, 1.807) is 31.4 Å². The van der Waals surface area contributed by atoms with Crippen LogP contribution in [0, 0.1) is 4.91 Å². The molecule has 0 radical (unpaired) electrons. The Morgan fingerprint density at radius 3 is 2.47 bits per heavy atom. The molecule has 0 aliphatic carbocycles. The van der Waals surface area contributed by atoms with E-state index >= 15 is 0 Å². The minimum atomic E-state index is -0.881. The van der Waals surface area contributed by atoms with Gasteiger partial charge in [-0.2, -0.15) is 0 Å². The van der Waals surface area contributed by atoms with Crippen molar-refractivity contribution in [2.75, 3.05) is 33.5 Å². The smallest absolute Gasteiger partial charge is 0.201 e. The molecular weight excluding hydrogens is 264 g/mol. The second-order valence-electron chi connectivity index (χ2n) is 4.22. The largest absolute Gasteiger partial charge is 0.497 e. The lowest BCUT2D eigenvalue weighted by Gasteiger charge is -2.11. The van der Waals surface area contributed by atoms with E-state index in [1.807, 2.05) is 19.0 Å². The van der Waals surface area contributed by atoms with Gasteiger partial charge in [0.25, 0.3) is 0 Å². The summed E-state index contributed by atoms with van der Waals surface area (Å²) in [4.78, 5) is 24.9. The second-order valence-corrected chi connectivity index (χ2v) is 5.41. The number of thioether (sulfide) groups is 1.